The zero-order chi connectivity index (χ0) is 24.5. The summed E-state index contributed by atoms with van der Waals surface area (Å²) in [5.41, 5.74) is 3.84. The first-order valence-electron chi connectivity index (χ1n) is 13.7. The number of hydrogen-bond donors (Lipinski definition) is 1. The van der Waals surface area contributed by atoms with Gasteiger partial charge in [-0.1, -0.05) is 84.4 Å². The first-order chi connectivity index (χ1) is 16.2. The third-order valence-electron chi connectivity index (χ3n) is 9.65. The number of rotatable bonds is 6. The number of hydrogen-bond acceptors (Lipinski definition) is 3. The van der Waals surface area contributed by atoms with Gasteiger partial charge >= 0.3 is 5.97 Å². The molecule has 0 heterocycles. The first kappa shape index (κ1) is 25.3. The van der Waals surface area contributed by atoms with E-state index in [2.05, 4.69) is 51.2 Å². The zero-order valence-electron chi connectivity index (χ0n) is 22.0. The molecule has 0 saturated heterocycles. The fourth-order valence-electron chi connectivity index (χ4n) is 7.58. The Bertz CT molecular complexity index is 902. The van der Waals surface area contributed by atoms with Gasteiger partial charge in [0.05, 0.1) is 12.5 Å². The van der Waals surface area contributed by atoms with Gasteiger partial charge in [-0.3, -0.25) is 4.79 Å². The molecule has 2 fully saturated rings. The van der Waals surface area contributed by atoms with E-state index in [1.165, 1.54) is 43.1 Å². The van der Waals surface area contributed by atoms with E-state index in [1.54, 1.807) is 0 Å². The van der Waals surface area contributed by atoms with E-state index in [4.69, 9.17) is 4.74 Å². The third kappa shape index (κ3) is 4.66. The lowest BCUT2D eigenvalue weighted by molar-refractivity contribution is -0.149. The first-order valence-corrected chi connectivity index (χ1v) is 13.7. The van der Waals surface area contributed by atoms with Gasteiger partial charge in [-0.05, 0) is 72.0 Å². The van der Waals surface area contributed by atoms with Crippen molar-refractivity contribution in [1.29, 1.82) is 0 Å². The molecule has 3 aliphatic rings. The maximum atomic E-state index is 13.9. The Balaban J connectivity index is 1.57. The standard InChI is InChI=1S/C30H45NO3/c1-20(2)22-12-14-24-23(19-22)13-15-26-29(24,3)16-9-17-30(26,4)28(33)31-25(27(32)34-5)18-21-10-7-6-8-11-21/h12,14,19-21,25-26H,6-11,13,15-18H2,1-5H3,(H,31,33)/t25-,26+,29+,30+/m0/s1. The minimum atomic E-state index is -0.532. The van der Waals surface area contributed by atoms with Gasteiger partial charge < -0.3 is 10.1 Å². The van der Waals surface area contributed by atoms with Gasteiger partial charge in [0.2, 0.25) is 5.91 Å². The Morgan fingerprint density at radius 1 is 1.06 bits per heavy atom. The number of carbonyl (C=O) groups excluding carboxylic acids is 2. The van der Waals surface area contributed by atoms with E-state index >= 15 is 0 Å². The molecule has 1 aromatic rings. The SMILES string of the molecule is COC(=O)[C@H](CC1CCCCC1)NC(=O)[C@]1(C)CCC[C@]2(C)c3ccc(C(C)C)cc3CC[C@@H]12. The van der Waals surface area contributed by atoms with Gasteiger partial charge in [-0.2, -0.15) is 0 Å². The average molecular weight is 468 g/mol. The fourth-order valence-corrected chi connectivity index (χ4v) is 7.58. The van der Waals surface area contributed by atoms with Crippen LogP contribution in [0.15, 0.2) is 18.2 Å². The van der Waals surface area contributed by atoms with Crippen molar-refractivity contribution in [2.24, 2.45) is 17.3 Å². The molecule has 1 amide bonds. The van der Waals surface area contributed by atoms with Crippen LogP contribution < -0.4 is 5.32 Å². The molecule has 0 unspecified atom stereocenters. The van der Waals surface area contributed by atoms with Crippen LogP contribution in [0.3, 0.4) is 0 Å². The van der Waals surface area contributed by atoms with Crippen LogP contribution in [0.5, 0.6) is 0 Å². The number of nitrogens with one attached hydrogen (secondary N) is 1. The summed E-state index contributed by atoms with van der Waals surface area (Å²) in [5.74, 6) is 1.06. The second kappa shape index (κ2) is 10.0. The number of benzene rings is 1. The molecule has 0 bridgehead atoms. The molecular weight excluding hydrogens is 422 g/mol. The van der Waals surface area contributed by atoms with Crippen LogP contribution in [-0.4, -0.2) is 25.0 Å². The molecule has 34 heavy (non-hydrogen) atoms. The number of fused-ring (bicyclic) bond motifs is 3. The van der Waals surface area contributed by atoms with Crippen LogP contribution in [0.2, 0.25) is 0 Å². The molecule has 0 aromatic heterocycles. The number of carbonyl (C=O) groups is 2. The molecule has 4 nitrogen and oxygen atoms in total. The van der Waals surface area contributed by atoms with Gasteiger partial charge in [0, 0.05) is 0 Å². The molecule has 1 N–H and O–H groups in total. The van der Waals surface area contributed by atoms with Crippen LogP contribution in [-0.2, 0) is 26.2 Å². The highest BCUT2D eigenvalue weighted by molar-refractivity contribution is 5.88. The van der Waals surface area contributed by atoms with Crippen molar-refractivity contribution in [2.45, 2.75) is 116 Å². The van der Waals surface area contributed by atoms with Crippen molar-refractivity contribution < 1.29 is 14.3 Å². The molecule has 0 aliphatic heterocycles. The third-order valence-corrected chi connectivity index (χ3v) is 9.65. The molecule has 0 radical (unpaired) electrons. The summed E-state index contributed by atoms with van der Waals surface area (Å²) in [5, 5.41) is 3.21. The average Bonchev–Trinajstić information content (AvgIpc) is 2.83. The summed E-state index contributed by atoms with van der Waals surface area (Å²) in [7, 11) is 1.44. The molecule has 4 rings (SSSR count). The van der Waals surface area contributed by atoms with Gasteiger partial charge in [0.25, 0.3) is 0 Å². The summed E-state index contributed by atoms with van der Waals surface area (Å²) in [6, 6.07) is 6.52. The summed E-state index contributed by atoms with van der Waals surface area (Å²) >= 11 is 0. The van der Waals surface area contributed by atoms with E-state index < -0.39 is 11.5 Å². The molecule has 188 valence electrons. The lowest BCUT2D eigenvalue weighted by Crippen LogP contribution is -2.57. The number of amides is 1. The van der Waals surface area contributed by atoms with Gasteiger partial charge in [-0.15, -0.1) is 0 Å². The van der Waals surface area contributed by atoms with Crippen molar-refractivity contribution in [3.8, 4) is 0 Å². The number of methoxy groups -OCH3 is 1. The van der Waals surface area contributed by atoms with Crippen molar-refractivity contribution in [2.75, 3.05) is 7.11 Å². The van der Waals surface area contributed by atoms with E-state index in [9.17, 15) is 9.59 Å². The molecular formula is C30H45NO3. The second-order valence-electron chi connectivity index (χ2n) is 12.1. The van der Waals surface area contributed by atoms with Gasteiger partial charge in [0.1, 0.15) is 6.04 Å². The molecule has 2 saturated carbocycles. The molecule has 4 atom stereocenters. The summed E-state index contributed by atoms with van der Waals surface area (Å²) in [6.45, 7) is 9.05. The second-order valence-corrected chi connectivity index (χ2v) is 12.1. The molecule has 1 aromatic carbocycles. The lowest BCUT2D eigenvalue weighted by Gasteiger charge is -2.54. The number of esters is 1. The van der Waals surface area contributed by atoms with Crippen LogP contribution in [0.1, 0.15) is 115 Å². The Morgan fingerprint density at radius 2 is 1.79 bits per heavy atom. The normalized spacial score (nSPS) is 30.2. The minimum absolute atomic E-state index is 0.00242. The van der Waals surface area contributed by atoms with Crippen LogP contribution in [0.25, 0.3) is 0 Å². The van der Waals surface area contributed by atoms with Crippen molar-refractivity contribution in [3.63, 3.8) is 0 Å². The maximum Gasteiger partial charge on any atom is 0.328 e. The highest BCUT2D eigenvalue weighted by Crippen LogP contribution is 2.57. The smallest absolute Gasteiger partial charge is 0.328 e. The van der Waals surface area contributed by atoms with E-state index in [-0.39, 0.29) is 23.2 Å². The zero-order valence-corrected chi connectivity index (χ0v) is 22.0. The van der Waals surface area contributed by atoms with Crippen molar-refractivity contribution in [1.82, 2.24) is 5.32 Å². The topological polar surface area (TPSA) is 55.4 Å². The van der Waals surface area contributed by atoms with Crippen LogP contribution in [0.4, 0.5) is 0 Å². The highest BCUT2D eigenvalue weighted by atomic mass is 16.5. The fraction of sp³-hybridized carbons (Fsp3) is 0.733. The lowest BCUT2D eigenvalue weighted by atomic mass is 9.49. The number of ether oxygens (including phenoxy) is 1. The predicted octanol–water partition coefficient (Wildman–Crippen LogP) is 6.45. The Hall–Kier alpha value is -1.84. The monoisotopic (exact) mass is 467 g/mol. The summed E-state index contributed by atoms with van der Waals surface area (Å²) < 4.78 is 5.12. The number of aryl methyl sites for hydroxylation is 1. The quantitative estimate of drug-likeness (QED) is 0.489. The largest absolute Gasteiger partial charge is 0.467 e. The van der Waals surface area contributed by atoms with E-state index in [0.717, 1.165) is 44.9 Å². The van der Waals surface area contributed by atoms with E-state index in [0.29, 0.717) is 18.3 Å². The Labute approximate surface area is 206 Å². The van der Waals surface area contributed by atoms with Crippen LogP contribution in [0, 0.1) is 17.3 Å². The molecule has 0 spiro atoms. The van der Waals surface area contributed by atoms with Gasteiger partial charge in [0.15, 0.2) is 0 Å². The highest BCUT2D eigenvalue weighted by Gasteiger charge is 2.55. The summed E-state index contributed by atoms with van der Waals surface area (Å²) in [4.78, 5) is 26.6. The summed E-state index contributed by atoms with van der Waals surface area (Å²) in [6.07, 6.45) is 11.8. The maximum absolute atomic E-state index is 13.9. The predicted molar refractivity (Wildman–Crippen MR) is 137 cm³/mol. The Morgan fingerprint density at radius 3 is 2.47 bits per heavy atom. The van der Waals surface area contributed by atoms with Gasteiger partial charge in [-0.25, -0.2) is 4.79 Å². The Kier molecular flexibility index (Phi) is 7.45. The molecule has 3 aliphatic carbocycles. The van der Waals surface area contributed by atoms with Crippen LogP contribution >= 0.6 is 0 Å². The van der Waals surface area contributed by atoms with Crippen molar-refractivity contribution >= 4 is 11.9 Å². The van der Waals surface area contributed by atoms with Crippen molar-refractivity contribution in [3.05, 3.63) is 34.9 Å². The van der Waals surface area contributed by atoms with E-state index in [1.807, 2.05) is 0 Å². The molecule has 4 heteroatoms. The minimum Gasteiger partial charge on any atom is -0.467 e.